The summed E-state index contributed by atoms with van der Waals surface area (Å²) in [5.74, 6) is -0.539. The standard InChI is InChI=1S/C14H20FN3OS/c1-13(2,9-16)20(19,18-4)10-14(3,17)11-7-5-6-8-12(11)15/h5-8H,10,17H2,1-4H3/t14-,20-/m0/s1. The van der Waals surface area contributed by atoms with Gasteiger partial charge in [-0.1, -0.05) is 18.2 Å². The van der Waals surface area contributed by atoms with Crippen molar-refractivity contribution in [3.8, 4) is 6.07 Å². The number of hydrogen-bond acceptors (Lipinski definition) is 4. The maximum absolute atomic E-state index is 13.9. The minimum Gasteiger partial charge on any atom is -0.321 e. The van der Waals surface area contributed by atoms with Gasteiger partial charge in [0.25, 0.3) is 0 Å². The van der Waals surface area contributed by atoms with Crippen LogP contribution in [0.1, 0.15) is 26.3 Å². The molecule has 0 amide bonds. The molecule has 0 spiro atoms. The van der Waals surface area contributed by atoms with E-state index >= 15 is 0 Å². The van der Waals surface area contributed by atoms with E-state index in [2.05, 4.69) is 4.36 Å². The lowest BCUT2D eigenvalue weighted by Gasteiger charge is -2.31. The number of halogens is 1. The Labute approximate surface area is 120 Å². The maximum atomic E-state index is 13.9. The van der Waals surface area contributed by atoms with Gasteiger partial charge in [-0.3, -0.25) is 0 Å². The SMILES string of the molecule is CN=[S@](=O)(C[C@](C)(N)c1ccccc1F)C(C)(C)C#N. The predicted molar refractivity (Wildman–Crippen MR) is 79.0 cm³/mol. The number of benzene rings is 1. The van der Waals surface area contributed by atoms with Crippen molar-refractivity contribution in [1.82, 2.24) is 0 Å². The van der Waals surface area contributed by atoms with E-state index in [1.807, 2.05) is 6.07 Å². The minimum absolute atomic E-state index is 0.0853. The third-order valence-electron chi connectivity index (χ3n) is 3.35. The molecule has 0 fully saturated rings. The highest BCUT2D eigenvalue weighted by Gasteiger charge is 2.38. The summed E-state index contributed by atoms with van der Waals surface area (Å²) >= 11 is 0. The topological polar surface area (TPSA) is 79.2 Å². The summed E-state index contributed by atoms with van der Waals surface area (Å²) in [7, 11) is -1.50. The van der Waals surface area contributed by atoms with Crippen molar-refractivity contribution < 1.29 is 8.60 Å². The number of nitrogens with two attached hydrogens (primary N) is 1. The Morgan fingerprint density at radius 1 is 1.40 bits per heavy atom. The van der Waals surface area contributed by atoms with Gasteiger partial charge in [0.05, 0.1) is 27.1 Å². The van der Waals surface area contributed by atoms with Crippen LogP contribution in [-0.4, -0.2) is 21.8 Å². The molecule has 0 saturated carbocycles. The molecule has 0 bridgehead atoms. The summed E-state index contributed by atoms with van der Waals surface area (Å²) in [6.07, 6.45) is 0. The molecule has 2 atom stereocenters. The Morgan fingerprint density at radius 2 is 1.95 bits per heavy atom. The third-order valence-corrected chi connectivity index (χ3v) is 6.61. The van der Waals surface area contributed by atoms with Crippen molar-refractivity contribution in [2.24, 2.45) is 10.1 Å². The van der Waals surface area contributed by atoms with Crippen LogP contribution >= 0.6 is 0 Å². The number of nitriles is 1. The fourth-order valence-electron chi connectivity index (χ4n) is 1.95. The van der Waals surface area contributed by atoms with Crippen molar-refractivity contribution in [3.05, 3.63) is 35.6 Å². The second-order valence-corrected chi connectivity index (χ2v) is 8.44. The van der Waals surface area contributed by atoms with Crippen LogP contribution in [0.5, 0.6) is 0 Å². The van der Waals surface area contributed by atoms with Crippen molar-refractivity contribution in [3.63, 3.8) is 0 Å². The number of rotatable bonds is 4. The highest BCUT2D eigenvalue weighted by Crippen LogP contribution is 2.28. The molecule has 0 aliphatic heterocycles. The average Bonchev–Trinajstić information content (AvgIpc) is 2.38. The van der Waals surface area contributed by atoms with Gasteiger partial charge in [-0.25, -0.2) is 13.0 Å². The normalized spacial score (nSPS) is 17.6. The van der Waals surface area contributed by atoms with Crippen molar-refractivity contribution in [1.29, 1.82) is 5.26 Å². The largest absolute Gasteiger partial charge is 0.321 e. The molecule has 110 valence electrons. The molecule has 0 unspecified atom stereocenters. The van der Waals surface area contributed by atoms with E-state index in [0.717, 1.165) is 0 Å². The lowest BCUT2D eigenvalue weighted by molar-refractivity contribution is 0.500. The Kier molecular flexibility index (Phi) is 4.57. The van der Waals surface area contributed by atoms with Crippen LogP contribution in [0.25, 0.3) is 0 Å². The molecule has 4 nitrogen and oxygen atoms in total. The highest BCUT2D eigenvalue weighted by molar-refractivity contribution is 7.95. The predicted octanol–water partition coefficient (Wildman–Crippen LogP) is 2.40. The lowest BCUT2D eigenvalue weighted by atomic mass is 9.95. The molecular formula is C14H20FN3OS. The van der Waals surface area contributed by atoms with E-state index in [-0.39, 0.29) is 11.3 Å². The zero-order valence-electron chi connectivity index (χ0n) is 12.2. The number of nitrogens with zero attached hydrogens (tertiary/aromatic N) is 2. The van der Waals surface area contributed by atoms with E-state index in [1.165, 1.54) is 13.1 Å². The van der Waals surface area contributed by atoms with E-state index in [4.69, 9.17) is 5.73 Å². The van der Waals surface area contributed by atoms with Crippen LogP contribution in [0.3, 0.4) is 0 Å². The molecule has 2 N–H and O–H groups in total. The molecule has 0 heterocycles. The van der Waals surface area contributed by atoms with E-state index in [9.17, 15) is 13.9 Å². The van der Waals surface area contributed by atoms with E-state index in [1.54, 1.807) is 39.0 Å². The first-order valence-corrected chi connectivity index (χ1v) is 7.86. The van der Waals surface area contributed by atoms with Crippen LogP contribution in [0, 0.1) is 17.1 Å². The highest BCUT2D eigenvalue weighted by atomic mass is 32.2. The summed E-state index contributed by atoms with van der Waals surface area (Å²) in [6, 6.07) is 8.10. The summed E-state index contributed by atoms with van der Waals surface area (Å²) < 4.78 is 29.5. The van der Waals surface area contributed by atoms with Gasteiger partial charge in [0.2, 0.25) is 0 Å². The van der Waals surface area contributed by atoms with Crippen molar-refractivity contribution >= 4 is 9.73 Å². The molecule has 0 aliphatic rings. The van der Waals surface area contributed by atoms with Gasteiger partial charge in [0.15, 0.2) is 0 Å². The molecule has 0 saturated heterocycles. The first-order valence-electron chi connectivity index (χ1n) is 6.17. The van der Waals surface area contributed by atoms with Crippen LogP contribution < -0.4 is 5.73 Å². The van der Waals surface area contributed by atoms with Crippen LogP contribution in [0.15, 0.2) is 28.6 Å². The van der Waals surface area contributed by atoms with E-state index in [0.29, 0.717) is 0 Å². The molecule has 1 rings (SSSR count). The van der Waals surface area contributed by atoms with Gasteiger partial charge >= 0.3 is 0 Å². The zero-order valence-corrected chi connectivity index (χ0v) is 13.0. The summed E-state index contributed by atoms with van der Waals surface area (Å²) in [4.78, 5) is 0. The van der Waals surface area contributed by atoms with Gasteiger partial charge in [-0.2, -0.15) is 5.26 Å². The summed E-state index contributed by atoms with van der Waals surface area (Å²) in [5.41, 5.74) is 5.26. The molecule has 0 radical (unpaired) electrons. The Balaban J connectivity index is 3.31. The van der Waals surface area contributed by atoms with Crippen LogP contribution in [-0.2, 0) is 15.3 Å². The molecule has 1 aromatic rings. The lowest BCUT2D eigenvalue weighted by Crippen LogP contribution is -2.46. The zero-order chi connectivity index (χ0) is 15.6. The molecule has 0 aromatic heterocycles. The first kappa shape index (κ1) is 16.6. The quantitative estimate of drug-likeness (QED) is 0.926. The number of hydrogen-bond donors (Lipinski definition) is 1. The van der Waals surface area contributed by atoms with Crippen LogP contribution in [0.4, 0.5) is 4.39 Å². The van der Waals surface area contributed by atoms with Gasteiger partial charge in [0.1, 0.15) is 10.6 Å². The van der Waals surface area contributed by atoms with Gasteiger partial charge in [-0.15, -0.1) is 0 Å². The Morgan fingerprint density at radius 3 is 2.40 bits per heavy atom. The summed E-state index contributed by atoms with van der Waals surface area (Å²) in [6.45, 7) is 4.71. The van der Waals surface area contributed by atoms with Gasteiger partial charge in [-0.05, 0) is 26.8 Å². The Bertz CT molecular complexity index is 653. The first-order chi connectivity index (χ1) is 9.09. The fraction of sp³-hybridized carbons (Fsp3) is 0.500. The van der Waals surface area contributed by atoms with Gasteiger partial charge in [0, 0.05) is 12.6 Å². The smallest absolute Gasteiger partial charge is 0.135 e. The molecule has 1 aromatic carbocycles. The third kappa shape index (κ3) is 3.00. The van der Waals surface area contributed by atoms with Crippen molar-refractivity contribution in [2.45, 2.75) is 31.1 Å². The monoisotopic (exact) mass is 297 g/mol. The maximum Gasteiger partial charge on any atom is 0.135 e. The Hall–Kier alpha value is -1.45. The fourth-order valence-corrected chi connectivity index (χ4v) is 4.01. The minimum atomic E-state index is -2.91. The molecule has 6 heteroatoms. The van der Waals surface area contributed by atoms with Crippen molar-refractivity contribution in [2.75, 3.05) is 12.8 Å². The second-order valence-electron chi connectivity index (χ2n) is 5.49. The van der Waals surface area contributed by atoms with Crippen LogP contribution in [0.2, 0.25) is 0 Å². The molecular weight excluding hydrogens is 277 g/mol. The molecule has 0 aliphatic carbocycles. The average molecular weight is 297 g/mol. The van der Waals surface area contributed by atoms with E-state index < -0.39 is 25.8 Å². The molecule has 20 heavy (non-hydrogen) atoms. The summed E-state index contributed by atoms with van der Waals surface area (Å²) in [5, 5.41) is 9.18. The second kappa shape index (κ2) is 5.51. The van der Waals surface area contributed by atoms with Gasteiger partial charge < -0.3 is 5.73 Å².